The smallest absolute Gasteiger partial charge is 0.273 e. The highest BCUT2D eigenvalue weighted by molar-refractivity contribution is 7.13. The van der Waals surface area contributed by atoms with E-state index in [4.69, 9.17) is 0 Å². The van der Waals surface area contributed by atoms with Crippen molar-refractivity contribution in [3.8, 4) is 10.6 Å². The van der Waals surface area contributed by atoms with Crippen molar-refractivity contribution in [2.24, 2.45) is 7.05 Å². The fourth-order valence-corrected chi connectivity index (χ4v) is 4.34. The summed E-state index contributed by atoms with van der Waals surface area (Å²) in [4.78, 5) is 21.7. The number of piperazine rings is 1. The van der Waals surface area contributed by atoms with E-state index >= 15 is 0 Å². The maximum atomic E-state index is 12.8. The molecule has 0 radical (unpaired) electrons. The highest BCUT2D eigenvalue weighted by Gasteiger charge is 2.24. The van der Waals surface area contributed by atoms with Gasteiger partial charge >= 0.3 is 0 Å². The molecule has 7 heteroatoms. The highest BCUT2D eigenvalue weighted by Crippen LogP contribution is 2.24. The van der Waals surface area contributed by atoms with Crippen molar-refractivity contribution in [1.29, 1.82) is 0 Å². The van der Waals surface area contributed by atoms with Crippen LogP contribution in [0.5, 0.6) is 0 Å². The Balaban J connectivity index is 1.32. The molecule has 0 saturated carbocycles. The van der Waals surface area contributed by atoms with Crippen molar-refractivity contribution in [2.75, 3.05) is 26.2 Å². The highest BCUT2D eigenvalue weighted by atomic mass is 32.1. The van der Waals surface area contributed by atoms with Gasteiger partial charge in [-0.05, 0) is 17.0 Å². The zero-order chi connectivity index (χ0) is 20.4. The van der Waals surface area contributed by atoms with Crippen LogP contribution in [0.25, 0.3) is 10.6 Å². The van der Waals surface area contributed by atoms with Crippen LogP contribution in [0.15, 0.2) is 42.0 Å². The number of hydrogen-bond acceptors (Lipinski definition) is 5. The standard InChI is InChI=1S/C22H27N5OS/c1-16(2)18-6-4-17(5-7-18)13-26-8-10-27(11-9-26)22(28)20-15-29-21(24-20)19-12-23-25(3)14-19/h4-7,12,14-16H,8-11,13H2,1-3H3. The van der Waals surface area contributed by atoms with Crippen LogP contribution in [0.3, 0.4) is 0 Å². The SMILES string of the molecule is CC(C)c1ccc(CN2CCN(C(=O)c3csc(-c4cnn(C)c4)n3)CC2)cc1. The Kier molecular flexibility index (Phi) is 5.78. The number of hydrogen-bond donors (Lipinski definition) is 0. The number of amides is 1. The van der Waals surface area contributed by atoms with Gasteiger partial charge in [0.05, 0.1) is 6.20 Å². The zero-order valence-electron chi connectivity index (χ0n) is 17.2. The summed E-state index contributed by atoms with van der Waals surface area (Å²) in [5.41, 5.74) is 4.18. The first kappa shape index (κ1) is 19.8. The lowest BCUT2D eigenvalue weighted by Gasteiger charge is -2.34. The van der Waals surface area contributed by atoms with E-state index < -0.39 is 0 Å². The molecule has 0 bridgehead atoms. The van der Waals surface area contributed by atoms with Crippen LogP contribution in [-0.2, 0) is 13.6 Å². The number of aromatic nitrogens is 3. The first-order valence-electron chi connectivity index (χ1n) is 10.0. The van der Waals surface area contributed by atoms with Crippen LogP contribution in [0.1, 0.15) is 41.4 Å². The third kappa shape index (κ3) is 4.57. The number of aryl methyl sites for hydroxylation is 1. The van der Waals surface area contributed by atoms with Crippen LogP contribution >= 0.6 is 11.3 Å². The molecule has 1 saturated heterocycles. The van der Waals surface area contributed by atoms with Gasteiger partial charge in [0, 0.05) is 56.9 Å². The molecule has 152 valence electrons. The number of carbonyl (C=O) groups is 1. The summed E-state index contributed by atoms with van der Waals surface area (Å²) in [6.07, 6.45) is 3.69. The number of nitrogens with zero attached hydrogens (tertiary/aromatic N) is 5. The predicted octanol–water partition coefficient (Wildman–Crippen LogP) is 3.63. The molecule has 1 amide bonds. The molecule has 6 nitrogen and oxygen atoms in total. The Morgan fingerprint density at radius 2 is 1.86 bits per heavy atom. The zero-order valence-corrected chi connectivity index (χ0v) is 18.0. The van der Waals surface area contributed by atoms with E-state index in [-0.39, 0.29) is 5.91 Å². The van der Waals surface area contributed by atoms with Crippen molar-refractivity contribution < 1.29 is 4.79 Å². The van der Waals surface area contributed by atoms with Gasteiger partial charge in [0.25, 0.3) is 5.91 Å². The molecular weight excluding hydrogens is 382 g/mol. The van der Waals surface area contributed by atoms with Gasteiger partial charge in [0.15, 0.2) is 0 Å². The van der Waals surface area contributed by atoms with Gasteiger partial charge in [-0.2, -0.15) is 5.10 Å². The van der Waals surface area contributed by atoms with Gasteiger partial charge in [-0.3, -0.25) is 14.4 Å². The van der Waals surface area contributed by atoms with E-state index in [1.165, 1.54) is 22.5 Å². The van der Waals surface area contributed by atoms with E-state index in [1.54, 1.807) is 10.9 Å². The molecule has 0 aliphatic carbocycles. The van der Waals surface area contributed by atoms with E-state index in [0.29, 0.717) is 11.6 Å². The monoisotopic (exact) mass is 409 g/mol. The van der Waals surface area contributed by atoms with Gasteiger partial charge < -0.3 is 4.90 Å². The fourth-order valence-electron chi connectivity index (χ4n) is 3.57. The molecule has 1 aliphatic rings. The molecule has 3 heterocycles. The van der Waals surface area contributed by atoms with Crippen molar-refractivity contribution in [3.05, 3.63) is 58.9 Å². The maximum absolute atomic E-state index is 12.8. The summed E-state index contributed by atoms with van der Waals surface area (Å²) in [5.74, 6) is 0.584. The number of benzene rings is 1. The maximum Gasteiger partial charge on any atom is 0.273 e. The van der Waals surface area contributed by atoms with Gasteiger partial charge in [0.2, 0.25) is 0 Å². The molecule has 0 atom stereocenters. The Labute approximate surface area is 175 Å². The summed E-state index contributed by atoms with van der Waals surface area (Å²) >= 11 is 1.49. The third-order valence-corrected chi connectivity index (χ3v) is 6.28. The van der Waals surface area contributed by atoms with Gasteiger partial charge in [-0.25, -0.2) is 4.98 Å². The number of thiazole rings is 1. The van der Waals surface area contributed by atoms with Crippen LogP contribution in [0, 0.1) is 0 Å². The Morgan fingerprint density at radius 1 is 1.14 bits per heavy atom. The van der Waals surface area contributed by atoms with Crippen molar-refractivity contribution in [1.82, 2.24) is 24.6 Å². The Bertz CT molecular complexity index is 967. The first-order chi connectivity index (χ1) is 14.0. The molecule has 1 aliphatic heterocycles. The second kappa shape index (κ2) is 8.47. The minimum Gasteiger partial charge on any atom is -0.335 e. The molecule has 3 aromatic rings. The summed E-state index contributed by atoms with van der Waals surface area (Å²) in [5, 5.41) is 6.87. The van der Waals surface area contributed by atoms with E-state index in [9.17, 15) is 4.79 Å². The molecule has 1 aromatic carbocycles. The predicted molar refractivity (Wildman–Crippen MR) is 116 cm³/mol. The molecular formula is C22H27N5OS. The van der Waals surface area contributed by atoms with E-state index in [0.717, 1.165) is 43.3 Å². The van der Waals surface area contributed by atoms with Crippen molar-refractivity contribution >= 4 is 17.2 Å². The molecule has 0 N–H and O–H groups in total. The number of carbonyl (C=O) groups excluding carboxylic acids is 1. The second-order valence-electron chi connectivity index (χ2n) is 7.91. The van der Waals surface area contributed by atoms with Crippen LogP contribution in [0.4, 0.5) is 0 Å². The summed E-state index contributed by atoms with van der Waals surface area (Å²) in [6.45, 7) is 8.61. The average molecular weight is 410 g/mol. The van der Waals surface area contributed by atoms with E-state index in [2.05, 4.69) is 53.1 Å². The molecule has 4 rings (SSSR count). The van der Waals surface area contributed by atoms with Crippen LogP contribution in [0.2, 0.25) is 0 Å². The second-order valence-corrected chi connectivity index (χ2v) is 8.76. The molecule has 1 fully saturated rings. The molecule has 29 heavy (non-hydrogen) atoms. The lowest BCUT2D eigenvalue weighted by molar-refractivity contribution is 0.0623. The molecule has 2 aromatic heterocycles. The third-order valence-electron chi connectivity index (χ3n) is 5.39. The quantitative estimate of drug-likeness (QED) is 0.646. The largest absolute Gasteiger partial charge is 0.335 e. The Morgan fingerprint density at radius 3 is 2.48 bits per heavy atom. The Hall–Kier alpha value is -2.51. The summed E-state index contributed by atoms with van der Waals surface area (Å²) < 4.78 is 1.74. The van der Waals surface area contributed by atoms with Crippen molar-refractivity contribution in [2.45, 2.75) is 26.3 Å². The lowest BCUT2D eigenvalue weighted by Crippen LogP contribution is -2.48. The van der Waals surface area contributed by atoms with E-state index in [1.807, 2.05) is 23.5 Å². The molecule has 0 unspecified atom stereocenters. The van der Waals surface area contributed by atoms with Gasteiger partial charge in [-0.15, -0.1) is 11.3 Å². The van der Waals surface area contributed by atoms with Crippen LogP contribution < -0.4 is 0 Å². The van der Waals surface area contributed by atoms with Gasteiger partial charge in [-0.1, -0.05) is 38.1 Å². The fraction of sp³-hybridized carbons (Fsp3) is 0.409. The molecule has 0 spiro atoms. The van der Waals surface area contributed by atoms with Gasteiger partial charge in [0.1, 0.15) is 10.7 Å². The first-order valence-corrected chi connectivity index (χ1v) is 10.9. The lowest BCUT2D eigenvalue weighted by atomic mass is 10.0. The normalized spacial score (nSPS) is 15.2. The average Bonchev–Trinajstić information content (AvgIpc) is 3.37. The summed E-state index contributed by atoms with van der Waals surface area (Å²) in [6, 6.07) is 8.90. The minimum atomic E-state index is 0.0253. The minimum absolute atomic E-state index is 0.0253. The summed E-state index contributed by atoms with van der Waals surface area (Å²) in [7, 11) is 1.88. The van der Waals surface area contributed by atoms with Crippen molar-refractivity contribution in [3.63, 3.8) is 0 Å². The topological polar surface area (TPSA) is 54.3 Å². The van der Waals surface area contributed by atoms with Crippen LogP contribution in [-0.4, -0.2) is 56.7 Å². The number of rotatable bonds is 5.